The standard InChI is InChI=1S/C26H36F3N7O5S2/c1-42(38,39)31-23-6-11-36(30-23)24(37)33-12-8-25(9-13-33)7-3-10-34(25)19-20-4-5-21(26(27,28)29)18-22(20)32-14-16-35(17-15-32)43(2,40)41/h4-6,11,18H,3,7-10,12-17,19H2,1-2H3,(H,30,31). The van der Waals surface area contributed by atoms with Crippen LogP contribution in [0.1, 0.15) is 36.8 Å². The van der Waals surface area contributed by atoms with Crippen molar-refractivity contribution in [3.05, 3.63) is 41.6 Å². The average molecular weight is 648 g/mol. The summed E-state index contributed by atoms with van der Waals surface area (Å²) >= 11 is 0. The molecule has 0 atom stereocenters. The second kappa shape index (κ2) is 11.6. The number of benzene rings is 1. The molecule has 0 saturated carbocycles. The first-order valence-electron chi connectivity index (χ1n) is 14.0. The van der Waals surface area contributed by atoms with Crippen LogP contribution < -0.4 is 9.62 Å². The highest BCUT2D eigenvalue weighted by Crippen LogP contribution is 2.41. The molecule has 1 aromatic carbocycles. The molecule has 0 aliphatic carbocycles. The molecule has 1 amide bonds. The number of hydrogen-bond donors (Lipinski definition) is 1. The smallest absolute Gasteiger partial charge is 0.369 e. The van der Waals surface area contributed by atoms with Crippen LogP contribution in [0.3, 0.4) is 0 Å². The third kappa shape index (κ3) is 7.10. The van der Waals surface area contributed by atoms with E-state index in [0.717, 1.165) is 48.2 Å². The first-order valence-corrected chi connectivity index (χ1v) is 17.8. The van der Waals surface area contributed by atoms with Gasteiger partial charge in [-0.15, -0.1) is 5.10 Å². The van der Waals surface area contributed by atoms with Crippen molar-refractivity contribution < 1.29 is 34.8 Å². The number of anilines is 2. The van der Waals surface area contributed by atoms with Gasteiger partial charge in [0.1, 0.15) is 0 Å². The Hall–Kier alpha value is -2.89. The van der Waals surface area contributed by atoms with Gasteiger partial charge in [0.15, 0.2) is 5.82 Å². The lowest BCUT2D eigenvalue weighted by Gasteiger charge is -2.45. The van der Waals surface area contributed by atoms with Crippen molar-refractivity contribution >= 4 is 37.6 Å². The number of nitrogens with one attached hydrogen (secondary N) is 1. The van der Waals surface area contributed by atoms with Crippen LogP contribution in [0.5, 0.6) is 0 Å². The minimum absolute atomic E-state index is 0.0522. The molecule has 0 bridgehead atoms. The number of carbonyl (C=O) groups excluding carboxylic acids is 1. The maximum absolute atomic E-state index is 13.7. The topological polar surface area (TPSA) is 128 Å². The fourth-order valence-electron chi connectivity index (χ4n) is 6.38. The number of hydrogen-bond acceptors (Lipinski definition) is 8. The van der Waals surface area contributed by atoms with Crippen LogP contribution in [0.4, 0.5) is 29.5 Å². The summed E-state index contributed by atoms with van der Waals surface area (Å²) in [6, 6.07) is 4.86. The molecular weight excluding hydrogens is 611 g/mol. The van der Waals surface area contributed by atoms with Gasteiger partial charge in [0.25, 0.3) is 0 Å². The number of nitrogens with zero attached hydrogens (tertiary/aromatic N) is 6. The Balaban J connectivity index is 1.30. The maximum Gasteiger partial charge on any atom is 0.416 e. The van der Waals surface area contributed by atoms with Crippen LogP contribution in [-0.2, 0) is 32.8 Å². The third-order valence-corrected chi connectivity index (χ3v) is 10.5. The summed E-state index contributed by atoms with van der Waals surface area (Å²) in [5, 5.41) is 4.03. The molecule has 4 heterocycles. The van der Waals surface area contributed by atoms with Gasteiger partial charge in [0.2, 0.25) is 20.0 Å². The van der Waals surface area contributed by atoms with Gasteiger partial charge in [-0.2, -0.15) is 22.2 Å². The Kier molecular flexibility index (Phi) is 8.47. The van der Waals surface area contributed by atoms with E-state index in [-0.39, 0.29) is 30.5 Å². The number of aromatic nitrogens is 2. The van der Waals surface area contributed by atoms with Crippen molar-refractivity contribution in [3.8, 4) is 0 Å². The Labute approximate surface area is 249 Å². The van der Waals surface area contributed by atoms with E-state index >= 15 is 0 Å². The van der Waals surface area contributed by atoms with E-state index in [1.54, 1.807) is 4.90 Å². The summed E-state index contributed by atoms with van der Waals surface area (Å²) in [4.78, 5) is 18.9. The van der Waals surface area contributed by atoms with Gasteiger partial charge < -0.3 is 9.80 Å². The largest absolute Gasteiger partial charge is 0.416 e. The lowest BCUT2D eigenvalue weighted by Crippen LogP contribution is -2.53. The van der Waals surface area contributed by atoms with Crippen molar-refractivity contribution in [1.29, 1.82) is 0 Å². The number of alkyl halides is 3. The molecule has 3 saturated heterocycles. The molecule has 238 valence electrons. The highest BCUT2D eigenvalue weighted by Gasteiger charge is 2.44. The monoisotopic (exact) mass is 647 g/mol. The van der Waals surface area contributed by atoms with Crippen LogP contribution in [0.2, 0.25) is 0 Å². The van der Waals surface area contributed by atoms with Crippen LogP contribution >= 0.6 is 0 Å². The van der Waals surface area contributed by atoms with Gasteiger partial charge in [-0.1, -0.05) is 6.07 Å². The first-order chi connectivity index (χ1) is 20.0. The lowest BCUT2D eigenvalue weighted by molar-refractivity contribution is -0.137. The Morgan fingerprint density at radius 2 is 1.63 bits per heavy atom. The number of likely N-dealkylation sites (tertiary alicyclic amines) is 2. The van der Waals surface area contributed by atoms with Crippen molar-refractivity contribution in [2.75, 3.05) is 67.9 Å². The van der Waals surface area contributed by atoms with Crippen LogP contribution in [0, 0.1) is 0 Å². The fourth-order valence-corrected chi connectivity index (χ4v) is 7.69. The van der Waals surface area contributed by atoms with Crippen molar-refractivity contribution in [1.82, 2.24) is 23.9 Å². The van der Waals surface area contributed by atoms with Gasteiger partial charge in [-0.25, -0.2) is 21.6 Å². The van der Waals surface area contributed by atoms with Crippen molar-refractivity contribution in [3.63, 3.8) is 0 Å². The van der Waals surface area contributed by atoms with Gasteiger partial charge in [0.05, 0.1) is 18.1 Å². The molecule has 3 aliphatic rings. The number of carbonyl (C=O) groups is 1. The zero-order valence-electron chi connectivity index (χ0n) is 24.0. The lowest BCUT2D eigenvalue weighted by atomic mass is 9.84. The minimum Gasteiger partial charge on any atom is -0.369 e. The van der Waals surface area contributed by atoms with Crippen LogP contribution in [0.15, 0.2) is 30.5 Å². The van der Waals surface area contributed by atoms with Gasteiger partial charge in [0, 0.05) is 69.3 Å². The van der Waals surface area contributed by atoms with Gasteiger partial charge >= 0.3 is 12.2 Å². The molecule has 2 aromatic rings. The number of sulfonamides is 2. The summed E-state index contributed by atoms with van der Waals surface area (Å²) in [6.45, 7) is 3.11. The molecule has 1 N–H and O–H groups in total. The molecule has 12 nitrogen and oxygen atoms in total. The maximum atomic E-state index is 13.7. The average Bonchev–Trinajstić information content (AvgIpc) is 3.54. The van der Waals surface area contributed by atoms with E-state index in [4.69, 9.17) is 0 Å². The summed E-state index contributed by atoms with van der Waals surface area (Å²) in [5.41, 5.74) is 0.268. The Morgan fingerprint density at radius 3 is 2.23 bits per heavy atom. The highest BCUT2D eigenvalue weighted by atomic mass is 32.2. The molecule has 1 spiro atoms. The van der Waals surface area contributed by atoms with Crippen molar-refractivity contribution in [2.45, 2.75) is 43.9 Å². The third-order valence-electron chi connectivity index (χ3n) is 8.60. The molecule has 17 heteroatoms. The van der Waals surface area contributed by atoms with Crippen LogP contribution in [-0.4, -0.2) is 111 Å². The number of piperazine rings is 1. The van der Waals surface area contributed by atoms with E-state index in [0.29, 0.717) is 51.3 Å². The predicted molar refractivity (Wildman–Crippen MR) is 155 cm³/mol. The number of amides is 1. The summed E-state index contributed by atoms with van der Waals surface area (Å²) in [5.74, 6) is 0.0522. The molecule has 3 aliphatic heterocycles. The highest BCUT2D eigenvalue weighted by molar-refractivity contribution is 7.92. The first kappa shape index (κ1) is 31.5. The number of rotatable bonds is 6. The summed E-state index contributed by atoms with van der Waals surface area (Å²) in [6.07, 6.45) is 2.22. The molecule has 43 heavy (non-hydrogen) atoms. The zero-order chi connectivity index (χ0) is 31.2. The van der Waals surface area contributed by atoms with E-state index in [9.17, 15) is 34.8 Å². The van der Waals surface area contributed by atoms with E-state index in [2.05, 4.69) is 14.7 Å². The van der Waals surface area contributed by atoms with Crippen molar-refractivity contribution in [2.24, 2.45) is 0 Å². The second-order valence-corrected chi connectivity index (χ2v) is 15.3. The number of piperidine rings is 1. The molecule has 0 unspecified atom stereocenters. The minimum atomic E-state index is -4.51. The fraction of sp³-hybridized carbons (Fsp3) is 0.615. The Bertz CT molecular complexity index is 1560. The van der Waals surface area contributed by atoms with Gasteiger partial charge in [-0.3, -0.25) is 9.62 Å². The van der Waals surface area contributed by atoms with E-state index in [1.807, 2.05) is 4.90 Å². The predicted octanol–water partition coefficient (Wildman–Crippen LogP) is 2.45. The van der Waals surface area contributed by atoms with E-state index < -0.39 is 31.8 Å². The number of halogens is 3. The molecular formula is C26H36F3N7O5S2. The molecule has 0 radical (unpaired) electrons. The summed E-state index contributed by atoms with van der Waals surface area (Å²) < 4.78 is 92.7. The van der Waals surface area contributed by atoms with E-state index in [1.165, 1.54) is 28.7 Å². The normalized spacial score (nSPS) is 20.6. The quantitative estimate of drug-likeness (QED) is 0.507. The summed E-state index contributed by atoms with van der Waals surface area (Å²) in [7, 11) is -6.92. The second-order valence-electron chi connectivity index (χ2n) is 11.5. The Morgan fingerprint density at radius 1 is 0.953 bits per heavy atom. The SMILES string of the molecule is CS(=O)(=O)Nc1ccn(C(=O)N2CCC3(CCCN3Cc3ccc(C(F)(F)F)cc3N3CCN(S(C)(=O)=O)CC3)CC2)n1. The zero-order valence-corrected chi connectivity index (χ0v) is 25.7. The molecule has 5 rings (SSSR count). The molecule has 3 fully saturated rings. The molecule has 1 aromatic heterocycles. The van der Waals surface area contributed by atoms with Gasteiger partial charge in [-0.05, 0) is 49.9 Å². The van der Waals surface area contributed by atoms with Crippen LogP contribution in [0.25, 0.3) is 0 Å².